The Morgan fingerprint density at radius 3 is 2.48 bits per heavy atom. The van der Waals surface area contributed by atoms with Crippen molar-refractivity contribution in [2.24, 2.45) is 0 Å². The molecule has 2 saturated heterocycles. The van der Waals surface area contributed by atoms with Gasteiger partial charge in [0, 0.05) is 6.54 Å². The molecule has 0 spiro atoms. The van der Waals surface area contributed by atoms with Gasteiger partial charge in [-0.25, -0.2) is 4.39 Å². The molecule has 33 heavy (non-hydrogen) atoms. The number of halogens is 4. The van der Waals surface area contributed by atoms with Crippen molar-refractivity contribution >= 4 is 23.7 Å². The van der Waals surface area contributed by atoms with E-state index >= 15 is 0 Å². The third-order valence-corrected chi connectivity index (χ3v) is 7.26. The number of thioether (sulfide) groups is 1. The highest BCUT2D eigenvalue weighted by Gasteiger charge is 2.38. The van der Waals surface area contributed by atoms with Crippen LogP contribution in [0, 0.1) is 5.82 Å². The highest BCUT2D eigenvalue weighted by atomic mass is 32.2. The van der Waals surface area contributed by atoms with Crippen LogP contribution in [0.2, 0.25) is 0 Å². The number of carbonyl (C=O) groups excluding carboxylic acids is 1. The number of carbonyl (C=O) groups is 1. The lowest BCUT2D eigenvalue weighted by Gasteiger charge is -2.28. The summed E-state index contributed by atoms with van der Waals surface area (Å²) < 4.78 is 53.5. The number of nitrogens with zero attached hydrogens (tertiary/aromatic N) is 2. The monoisotopic (exact) mass is 478 g/mol. The largest absolute Gasteiger partial charge is 0.416 e. The summed E-state index contributed by atoms with van der Waals surface area (Å²) in [5.74, 6) is -0.641. The van der Waals surface area contributed by atoms with Gasteiger partial charge in [-0.15, -0.1) is 0 Å². The summed E-state index contributed by atoms with van der Waals surface area (Å²) in [6, 6.07) is 11.1. The van der Waals surface area contributed by atoms with Crippen molar-refractivity contribution in [3.05, 3.63) is 75.9 Å². The van der Waals surface area contributed by atoms with Crippen LogP contribution in [0.1, 0.15) is 47.7 Å². The fourth-order valence-electron chi connectivity index (χ4n) is 4.31. The number of alkyl halides is 3. The summed E-state index contributed by atoms with van der Waals surface area (Å²) in [6.45, 7) is 3.39. The van der Waals surface area contributed by atoms with Crippen molar-refractivity contribution in [3.8, 4) is 0 Å². The molecule has 2 heterocycles. The van der Waals surface area contributed by atoms with Gasteiger partial charge in [-0.1, -0.05) is 42.4 Å². The number of hydrogen-bond acceptors (Lipinski definition) is 3. The molecule has 0 aliphatic carbocycles. The van der Waals surface area contributed by atoms with E-state index < -0.39 is 22.9 Å². The van der Waals surface area contributed by atoms with Gasteiger partial charge in [0.1, 0.15) is 11.2 Å². The molecule has 2 aliphatic rings. The molecule has 1 amide bonds. The predicted molar refractivity (Wildman–Crippen MR) is 123 cm³/mol. The summed E-state index contributed by atoms with van der Waals surface area (Å²) in [6.07, 6.45) is 1.49. The van der Waals surface area contributed by atoms with Crippen LogP contribution in [0.25, 0.3) is 6.08 Å². The maximum absolute atomic E-state index is 13.6. The Morgan fingerprint density at radius 1 is 1.00 bits per heavy atom. The number of hydrogen-bond donors (Lipinski definition) is 0. The van der Waals surface area contributed by atoms with Crippen molar-refractivity contribution in [1.29, 1.82) is 0 Å². The van der Waals surface area contributed by atoms with Crippen molar-refractivity contribution in [1.82, 2.24) is 9.80 Å². The van der Waals surface area contributed by atoms with Gasteiger partial charge in [0.2, 0.25) is 0 Å². The van der Waals surface area contributed by atoms with E-state index in [2.05, 4.69) is 4.90 Å². The molecule has 1 atom stereocenters. The zero-order valence-corrected chi connectivity index (χ0v) is 19.0. The number of piperidine rings is 1. The van der Waals surface area contributed by atoms with Gasteiger partial charge >= 0.3 is 6.18 Å². The Labute approximate surface area is 195 Å². The smallest absolute Gasteiger partial charge is 0.322 e. The van der Waals surface area contributed by atoms with Gasteiger partial charge in [0.15, 0.2) is 0 Å². The van der Waals surface area contributed by atoms with Crippen LogP contribution >= 0.6 is 11.8 Å². The minimum atomic E-state index is -4.46. The summed E-state index contributed by atoms with van der Waals surface area (Å²) >= 11 is 1.22. The van der Waals surface area contributed by atoms with E-state index in [4.69, 9.17) is 0 Å². The molecule has 0 saturated carbocycles. The predicted octanol–water partition coefficient (Wildman–Crippen LogP) is 6.34. The van der Waals surface area contributed by atoms with Crippen molar-refractivity contribution in [2.45, 2.75) is 37.2 Å². The van der Waals surface area contributed by atoms with E-state index in [0.29, 0.717) is 22.6 Å². The second-order valence-corrected chi connectivity index (χ2v) is 9.53. The van der Waals surface area contributed by atoms with Crippen molar-refractivity contribution < 1.29 is 22.4 Å². The molecule has 2 aromatic rings. The minimum absolute atomic E-state index is 0.231. The standard InChI is InChI=1S/C25H26F4N2OS/c26-21-10-4-7-18(15-21)16-22-23(32)31(14-6-13-30-11-2-1-3-12-30)24(33-22)19-8-5-9-20(17-19)25(27,28)29/h4-5,7-10,15-17,24H,1-3,6,11-14H2. The first-order valence-electron chi connectivity index (χ1n) is 11.2. The molecule has 3 nitrogen and oxygen atoms in total. The fourth-order valence-corrected chi connectivity index (χ4v) is 5.58. The molecule has 0 N–H and O–H groups in total. The quantitative estimate of drug-likeness (QED) is 0.358. The number of benzene rings is 2. The molecule has 1 unspecified atom stereocenters. The normalized spacial score (nSPS) is 21.2. The van der Waals surface area contributed by atoms with E-state index in [9.17, 15) is 22.4 Å². The third-order valence-electron chi connectivity index (χ3n) is 5.96. The highest BCUT2D eigenvalue weighted by molar-refractivity contribution is 8.04. The molecule has 0 bridgehead atoms. The zero-order valence-electron chi connectivity index (χ0n) is 18.2. The van der Waals surface area contributed by atoms with E-state index in [-0.39, 0.29) is 5.91 Å². The lowest BCUT2D eigenvalue weighted by atomic mass is 10.1. The first kappa shape index (κ1) is 23.8. The van der Waals surface area contributed by atoms with Crippen LogP contribution in [0.5, 0.6) is 0 Å². The van der Waals surface area contributed by atoms with E-state index in [1.807, 2.05) is 0 Å². The maximum atomic E-state index is 13.6. The molecule has 2 aromatic carbocycles. The van der Waals surface area contributed by atoms with E-state index in [0.717, 1.165) is 38.2 Å². The maximum Gasteiger partial charge on any atom is 0.416 e. The van der Waals surface area contributed by atoms with Crippen LogP contribution in [0.4, 0.5) is 17.6 Å². The fraction of sp³-hybridized carbons (Fsp3) is 0.400. The summed E-state index contributed by atoms with van der Waals surface area (Å²) in [5, 5.41) is -0.555. The number of rotatable bonds is 6. The zero-order chi connectivity index (χ0) is 23.4. The molecule has 2 fully saturated rings. The van der Waals surface area contributed by atoms with Gasteiger partial charge in [0.25, 0.3) is 5.91 Å². The van der Waals surface area contributed by atoms with E-state index in [1.165, 1.54) is 49.2 Å². The van der Waals surface area contributed by atoms with Crippen LogP contribution in [0.3, 0.4) is 0 Å². The van der Waals surface area contributed by atoms with Gasteiger partial charge in [-0.2, -0.15) is 13.2 Å². The Bertz CT molecular complexity index is 1020. The second kappa shape index (κ2) is 10.3. The Balaban J connectivity index is 1.57. The molecular formula is C25H26F4N2OS. The van der Waals surface area contributed by atoms with Crippen LogP contribution in [-0.4, -0.2) is 41.9 Å². The summed E-state index contributed by atoms with van der Waals surface area (Å²) in [7, 11) is 0. The Kier molecular flexibility index (Phi) is 7.44. The van der Waals surface area contributed by atoms with Gasteiger partial charge in [-0.05, 0) is 80.4 Å². The molecule has 176 valence electrons. The van der Waals surface area contributed by atoms with Crippen molar-refractivity contribution in [2.75, 3.05) is 26.2 Å². The molecule has 0 radical (unpaired) electrons. The first-order valence-corrected chi connectivity index (χ1v) is 12.0. The molecule has 4 rings (SSSR count). The lowest BCUT2D eigenvalue weighted by molar-refractivity contribution is -0.137. The summed E-state index contributed by atoms with van der Waals surface area (Å²) in [5.41, 5.74) is 0.247. The number of amides is 1. The van der Waals surface area contributed by atoms with Crippen LogP contribution in [-0.2, 0) is 11.0 Å². The van der Waals surface area contributed by atoms with E-state index in [1.54, 1.807) is 29.2 Å². The van der Waals surface area contributed by atoms with Crippen LogP contribution in [0.15, 0.2) is 53.4 Å². The topological polar surface area (TPSA) is 23.6 Å². The Hall–Kier alpha value is -2.32. The van der Waals surface area contributed by atoms with Gasteiger partial charge in [0.05, 0.1) is 10.5 Å². The van der Waals surface area contributed by atoms with Crippen LogP contribution < -0.4 is 0 Å². The molecule has 0 aromatic heterocycles. The summed E-state index contributed by atoms with van der Waals surface area (Å²) in [4.78, 5) is 17.7. The van der Waals surface area contributed by atoms with Crippen molar-refractivity contribution in [3.63, 3.8) is 0 Å². The Morgan fingerprint density at radius 2 is 1.76 bits per heavy atom. The average molecular weight is 479 g/mol. The SMILES string of the molecule is O=C1C(=Cc2cccc(F)c2)SC(c2cccc(C(F)(F)F)c2)N1CCCN1CCCCC1. The number of likely N-dealkylation sites (tertiary alicyclic amines) is 1. The highest BCUT2D eigenvalue weighted by Crippen LogP contribution is 2.47. The third kappa shape index (κ3) is 5.98. The molecule has 2 aliphatic heterocycles. The van der Waals surface area contributed by atoms with Gasteiger partial charge < -0.3 is 9.80 Å². The second-order valence-electron chi connectivity index (χ2n) is 8.41. The minimum Gasteiger partial charge on any atom is -0.322 e. The van der Waals surface area contributed by atoms with Gasteiger partial charge in [-0.3, -0.25) is 4.79 Å². The lowest BCUT2D eigenvalue weighted by Crippen LogP contribution is -2.34. The molecule has 8 heteroatoms. The average Bonchev–Trinajstić information content (AvgIpc) is 3.09. The molecular weight excluding hydrogens is 452 g/mol. The first-order chi connectivity index (χ1) is 15.8.